The number of hydrogen-bond acceptors (Lipinski definition) is 2. The number of fused-ring (bicyclic) bond motifs is 1. The van der Waals surface area contributed by atoms with E-state index >= 15 is 0 Å². The summed E-state index contributed by atoms with van der Waals surface area (Å²) in [6.45, 7) is 3.57. The van der Waals surface area contributed by atoms with Crippen LogP contribution in [0.3, 0.4) is 0 Å². The molecule has 1 aromatic rings. The van der Waals surface area contributed by atoms with Crippen molar-refractivity contribution in [3.05, 3.63) is 29.8 Å². The third-order valence-corrected chi connectivity index (χ3v) is 3.96. The van der Waals surface area contributed by atoms with Gasteiger partial charge in [-0.3, -0.25) is 0 Å². The molecule has 0 saturated carbocycles. The van der Waals surface area contributed by atoms with E-state index in [4.69, 9.17) is 0 Å². The van der Waals surface area contributed by atoms with E-state index in [0.717, 1.165) is 18.4 Å². The zero-order valence-corrected chi connectivity index (χ0v) is 9.71. The number of para-hydroxylation sites is 1. The van der Waals surface area contributed by atoms with Crippen molar-refractivity contribution >= 4 is 5.69 Å². The average Bonchev–Trinajstić information content (AvgIpc) is 2.74. The molecular formula is C14H20N2. The minimum Gasteiger partial charge on any atom is -0.384 e. The monoisotopic (exact) mass is 216 g/mol. The molecular weight excluding hydrogens is 196 g/mol. The van der Waals surface area contributed by atoms with Gasteiger partial charge >= 0.3 is 0 Å². The second-order valence-electron chi connectivity index (χ2n) is 5.11. The Labute approximate surface area is 97.4 Å². The van der Waals surface area contributed by atoms with Crippen LogP contribution in [-0.2, 0) is 0 Å². The topological polar surface area (TPSA) is 24.1 Å². The maximum Gasteiger partial charge on any atom is 0.0376 e. The molecule has 0 spiro atoms. The summed E-state index contributed by atoms with van der Waals surface area (Å²) in [5.74, 6) is 1.62. The number of nitrogens with one attached hydrogen (secondary N) is 2. The molecule has 2 nitrogen and oxygen atoms in total. The molecule has 2 heteroatoms. The molecule has 86 valence electrons. The van der Waals surface area contributed by atoms with Gasteiger partial charge in [-0.1, -0.05) is 18.2 Å². The van der Waals surface area contributed by atoms with Crippen molar-refractivity contribution in [3.8, 4) is 0 Å². The number of hydrogen-bond donors (Lipinski definition) is 2. The zero-order valence-electron chi connectivity index (χ0n) is 9.71. The molecule has 0 aliphatic carbocycles. The summed E-state index contributed by atoms with van der Waals surface area (Å²) >= 11 is 0. The lowest BCUT2D eigenvalue weighted by Crippen LogP contribution is -2.30. The van der Waals surface area contributed by atoms with Gasteiger partial charge in [-0.2, -0.15) is 0 Å². The third-order valence-electron chi connectivity index (χ3n) is 3.96. The van der Waals surface area contributed by atoms with Crippen molar-refractivity contribution in [2.75, 3.05) is 25.0 Å². The summed E-state index contributed by atoms with van der Waals surface area (Å²) in [4.78, 5) is 0. The quantitative estimate of drug-likeness (QED) is 0.794. The number of benzene rings is 1. The molecule has 0 radical (unpaired) electrons. The first-order valence-electron chi connectivity index (χ1n) is 6.47. The maximum absolute atomic E-state index is 3.52. The fourth-order valence-corrected chi connectivity index (χ4v) is 3.09. The van der Waals surface area contributed by atoms with Crippen LogP contribution in [0.25, 0.3) is 0 Å². The Morgan fingerprint density at radius 1 is 1.19 bits per heavy atom. The van der Waals surface area contributed by atoms with Gasteiger partial charge in [0.15, 0.2) is 0 Å². The maximum atomic E-state index is 3.52. The van der Waals surface area contributed by atoms with Crippen LogP contribution in [0.2, 0.25) is 0 Å². The normalized spacial score (nSPS) is 28.5. The Kier molecular flexibility index (Phi) is 2.83. The van der Waals surface area contributed by atoms with E-state index in [2.05, 4.69) is 34.9 Å². The van der Waals surface area contributed by atoms with Crippen LogP contribution >= 0.6 is 0 Å². The zero-order chi connectivity index (χ0) is 10.8. The summed E-state index contributed by atoms with van der Waals surface area (Å²) in [6.07, 6.45) is 4.11. The summed E-state index contributed by atoms with van der Waals surface area (Å²) in [7, 11) is 0. The van der Waals surface area contributed by atoms with Crippen molar-refractivity contribution in [2.45, 2.75) is 25.2 Å². The molecule has 2 atom stereocenters. The number of anilines is 1. The molecule has 2 N–H and O–H groups in total. The Hall–Kier alpha value is -1.02. The molecule has 3 rings (SSSR count). The lowest BCUT2D eigenvalue weighted by molar-refractivity contribution is 0.340. The molecule has 0 bridgehead atoms. The minimum absolute atomic E-state index is 0.737. The van der Waals surface area contributed by atoms with Crippen molar-refractivity contribution in [2.24, 2.45) is 5.92 Å². The highest BCUT2D eigenvalue weighted by molar-refractivity contribution is 5.57. The van der Waals surface area contributed by atoms with Gasteiger partial charge in [0.05, 0.1) is 0 Å². The first kappa shape index (κ1) is 10.2. The van der Waals surface area contributed by atoms with Crippen molar-refractivity contribution in [3.63, 3.8) is 0 Å². The van der Waals surface area contributed by atoms with Gasteiger partial charge in [0.1, 0.15) is 0 Å². The Bertz CT molecular complexity index is 356. The lowest BCUT2D eigenvalue weighted by atomic mass is 9.86. The second-order valence-corrected chi connectivity index (χ2v) is 5.11. The molecule has 1 fully saturated rings. The fourth-order valence-electron chi connectivity index (χ4n) is 3.09. The Morgan fingerprint density at radius 2 is 2.12 bits per heavy atom. The van der Waals surface area contributed by atoms with E-state index in [1.54, 1.807) is 0 Å². The smallest absolute Gasteiger partial charge is 0.0376 e. The van der Waals surface area contributed by atoms with Gasteiger partial charge in [-0.15, -0.1) is 0 Å². The lowest BCUT2D eigenvalue weighted by Gasteiger charge is -2.25. The predicted octanol–water partition coefficient (Wildman–Crippen LogP) is 2.59. The SMILES string of the molecule is c1ccc2c(c1)NCC2C[C@H]1CCCNC1. The molecule has 0 amide bonds. The largest absolute Gasteiger partial charge is 0.384 e. The van der Waals surface area contributed by atoms with Crippen LogP contribution in [0.1, 0.15) is 30.7 Å². The Morgan fingerprint density at radius 3 is 3.00 bits per heavy atom. The van der Waals surface area contributed by atoms with E-state index in [9.17, 15) is 0 Å². The molecule has 1 saturated heterocycles. The van der Waals surface area contributed by atoms with Gasteiger partial charge in [-0.25, -0.2) is 0 Å². The van der Waals surface area contributed by atoms with Gasteiger partial charge in [0.25, 0.3) is 0 Å². The van der Waals surface area contributed by atoms with Crippen LogP contribution < -0.4 is 10.6 Å². The van der Waals surface area contributed by atoms with E-state index in [1.165, 1.54) is 43.6 Å². The highest BCUT2D eigenvalue weighted by Gasteiger charge is 2.25. The molecule has 16 heavy (non-hydrogen) atoms. The van der Waals surface area contributed by atoms with Gasteiger partial charge < -0.3 is 10.6 Å². The van der Waals surface area contributed by atoms with E-state index in [0.29, 0.717) is 0 Å². The molecule has 2 aliphatic rings. The number of piperidine rings is 1. The molecule has 0 aromatic heterocycles. The first-order valence-corrected chi connectivity index (χ1v) is 6.47. The molecule has 2 aliphatic heterocycles. The van der Waals surface area contributed by atoms with Crippen molar-refractivity contribution < 1.29 is 0 Å². The van der Waals surface area contributed by atoms with Crippen LogP contribution in [-0.4, -0.2) is 19.6 Å². The predicted molar refractivity (Wildman–Crippen MR) is 67.9 cm³/mol. The van der Waals surface area contributed by atoms with Crippen molar-refractivity contribution in [1.82, 2.24) is 5.32 Å². The Balaban J connectivity index is 1.68. The molecule has 2 heterocycles. The highest BCUT2D eigenvalue weighted by Crippen LogP contribution is 2.36. The van der Waals surface area contributed by atoms with E-state index in [1.807, 2.05) is 0 Å². The van der Waals surface area contributed by atoms with Gasteiger partial charge in [0, 0.05) is 18.2 Å². The summed E-state index contributed by atoms with van der Waals surface area (Å²) in [6, 6.07) is 8.78. The van der Waals surface area contributed by atoms with Crippen molar-refractivity contribution in [1.29, 1.82) is 0 Å². The second kappa shape index (κ2) is 4.46. The molecule has 1 unspecified atom stereocenters. The minimum atomic E-state index is 0.737. The van der Waals surface area contributed by atoms with Gasteiger partial charge in [-0.05, 0) is 49.9 Å². The average molecular weight is 216 g/mol. The van der Waals surface area contributed by atoms with Crippen LogP contribution in [0.15, 0.2) is 24.3 Å². The third kappa shape index (κ3) is 1.94. The van der Waals surface area contributed by atoms with E-state index in [-0.39, 0.29) is 0 Å². The number of rotatable bonds is 2. The van der Waals surface area contributed by atoms with Crippen LogP contribution in [0.5, 0.6) is 0 Å². The first-order chi connectivity index (χ1) is 7.93. The van der Waals surface area contributed by atoms with Crippen LogP contribution in [0.4, 0.5) is 5.69 Å². The molecule has 1 aromatic carbocycles. The summed E-state index contributed by atoms with van der Waals surface area (Å²) in [5.41, 5.74) is 2.89. The highest BCUT2D eigenvalue weighted by atomic mass is 14.9. The standard InChI is InChI=1S/C14H20N2/c1-2-6-14-13(5-1)12(10-16-14)8-11-4-3-7-15-9-11/h1-2,5-6,11-12,15-16H,3-4,7-10H2/t11-,12?/m1/s1. The van der Waals surface area contributed by atoms with E-state index < -0.39 is 0 Å². The summed E-state index contributed by atoms with van der Waals surface area (Å²) < 4.78 is 0. The fraction of sp³-hybridized carbons (Fsp3) is 0.571. The summed E-state index contributed by atoms with van der Waals surface area (Å²) in [5, 5.41) is 7.03. The van der Waals surface area contributed by atoms with Crippen LogP contribution in [0, 0.1) is 5.92 Å². The van der Waals surface area contributed by atoms with Gasteiger partial charge in [0.2, 0.25) is 0 Å².